The first-order valence-electron chi connectivity index (χ1n) is 6.44. The lowest BCUT2D eigenvalue weighted by Gasteiger charge is -2.24. The van der Waals surface area contributed by atoms with Crippen LogP contribution in [0, 0.1) is 5.92 Å². The third-order valence-corrected chi connectivity index (χ3v) is 4.88. The molecule has 1 N–H and O–H groups in total. The molecule has 0 amide bonds. The number of aromatic nitrogens is 2. The van der Waals surface area contributed by atoms with E-state index in [2.05, 4.69) is 28.7 Å². The van der Waals surface area contributed by atoms with Gasteiger partial charge in [0.1, 0.15) is 9.84 Å². The second-order valence-corrected chi connectivity index (χ2v) is 7.67. The zero-order valence-corrected chi connectivity index (χ0v) is 11.8. The fraction of sp³-hybridized carbons (Fsp3) is 0.750. The summed E-state index contributed by atoms with van der Waals surface area (Å²) in [5.74, 6) is 1.99. The first-order valence-corrected chi connectivity index (χ1v) is 8.26. The first-order chi connectivity index (χ1) is 8.46. The van der Waals surface area contributed by atoms with Crippen LogP contribution in [0.15, 0.2) is 12.4 Å². The molecule has 0 unspecified atom stereocenters. The molecular formula is C12H21N3O2S. The predicted octanol–water partition coefficient (Wildman–Crippen LogP) is 1.53. The van der Waals surface area contributed by atoms with Crippen LogP contribution in [0.4, 0.5) is 5.95 Å². The molecule has 18 heavy (non-hydrogen) atoms. The average Bonchev–Trinajstić information content (AvgIpc) is 2.68. The molecule has 5 nitrogen and oxygen atoms in total. The molecule has 1 fully saturated rings. The number of hydrogen-bond donors (Lipinski definition) is 1. The number of anilines is 1. The quantitative estimate of drug-likeness (QED) is 0.902. The molecule has 0 bridgehead atoms. The van der Waals surface area contributed by atoms with Crippen molar-refractivity contribution in [2.24, 2.45) is 5.92 Å². The van der Waals surface area contributed by atoms with Gasteiger partial charge < -0.3 is 9.88 Å². The minimum absolute atomic E-state index is 0.224. The Morgan fingerprint density at radius 3 is 2.72 bits per heavy atom. The maximum Gasteiger partial charge on any atom is 0.202 e. The highest BCUT2D eigenvalue weighted by molar-refractivity contribution is 7.91. The summed E-state index contributed by atoms with van der Waals surface area (Å²) in [4.78, 5) is 4.30. The van der Waals surface area contributed by atoms with Crippen molar-refractivity contribution in [3.8, 4) is 0 Å². The van der Waals surface area contributed by atoms with Crippen molar-refractivity contribution in [1.29, 1.82) is 0 Å². The summed E-state index contributed by atoms with van der Waals surface area (Å²) < 4.78 is 24.8. The minimum atomic E-state index is -2.79. The van der Waals surface area contributed by atoms with Crippen LogP contribution >= 0.6 is 0 Å². The second kappa shape index (κ2) is 5.30. The SMILES string of the molecule is CC(C)Cn1ccnc1NC1CCS(=O)(=O)CC1. The van der Waals surface area contributed by atoms with Crippen molar-refractivity contribution in [3.05, 3.63) is 12.4 Å². The van der Waals surface area contributed by atoms with Crippen LogP contribution in [-0.2, 0) is 16.4 Å². The lowest BCUT2D eigenvalue weighted by molar-refractivity contribution is 0.519. The van der Waals surface area contributed by atoms with Crippen LogP contribution in [-0.4, -0.2) is 35.5 Å². The molecule has 0 atom stereocenters. The lowest BCUT2D eigenvalue weighted by atomic mass is 10.1. The van der Waals surface area contributed by atoms with Crippen molar-refractivity contribution < 1.29 is 8.42 Å². The van der Waals surface area contributed by atoms with E-state index >= 15 is 0 Å². The van der Waals surface area contributed by atoms with E-state index in [-0.39, 0.29) is 17.5 Å². The van der Waals surface area contributed by atoms with Crippen LogP contribution in [0.3, 0.4) is 0 Å². The molecule has 6 heteroatoms. The predicted molar refractivity (Wildman–Crippen MR) is 72.4 cm³/mol. The molecule has 0 saturated carbocycles. The summed E-state index contributed by atoms with van der Waals surface area (Å²) >= 11 is 0. The number of sulfone groups is 1. The van der Waals surface area contributed by atoms with Gasteiger partial charge in [-0.1, -0.05) is 13.8 Å². The van der Waals surface area contributed by atoms with Crippen LogP contribution in [0.1, 0.15) is 26.7 Å². The second-order valence-electron chi connectivity index (χ2n) is 5.37. The summed E-state index contributed by atoms with van der Waals surface area (Å²) in [5.41, 5.74) is 0. The summed E-state index contributed by atoms with van der Waals surface area (Å²) in [6.45, 7) is 5.25. The van der Waals surface area contributed by atoms with Gasteiger partial charge >= 0.3 is 0 Å². The van der Waals surface area contributed by atoms with Gasteiger partial charge in [-0.15, -0.1) is 0 Å². The van der Waals surface area contributed by atoms with Crippen molar-refractivity contribution in [2.75, 3.05) is 16.8 Å². The largest absolute Gasteiger partial charge is 0.353 e. The molecule has 0 spiro atoms. The summed E-state index contributed by atoms with van der Waals surface area (Å²) in [6.07, 6.45) is 5.10. The van der Waals surface area contributed by atoms with E-state index in [0.717, 1.165) is 12.5 Å². The van der Waals surface area contributed by atoms with Gasteiger partial charge in [0.2, 0.25) is 5.95 Å². The zero-order valence-electron chi connectivity index (χ0n) is 11.0. The fourth-order valence-electron chi connectivity index (χ4n) is 2.21. The maximum absolute atomic E-state index is 11.4. The fourth-order valence-corrected chi connectivity index (χ4v) is 3.70. The maximum atomic E-state index is 11.4. The van der Waals surface area contributed by atoms with Gasteiger partial charge in [0.15, 0.2) is 0 Å². The van der Waals surface area contributed by atoms with Crippen molar-refractivity contribution in [3.63, 3.8) is 0 Å². The highest BCUT2D eigenvalue weighted by Gasteiger charge is 2.24. The third kappa shape index (κ3) is 3.48. The number of rotatable bonds is 4. The first kappa shape index (κ1) is 13.4. The Morgan fingerprint density at radius 2 is 2.11 bits per heavy atom. The molecule has 1 aliphatic rings. The Morgan fingerprint density at radius 1 is 1.44 bits per heavy atom. The minimum Gasteiger partial charge on any atom is -0.353 e. The highest BCUT2D eigenvalue weighted by Crippen LogP contribution is 2.17. The normalized spacial score (nSPS) is 20.2. The number of hydrogen-bond acceptors (Lipinski definition) is 4. The molecule has 1 aliphatic heterocycles. The Balaban J connectivity index is 1.96. The Labute approximate surface area is 109 Å². The van der Waals surface area contributed by atoms with Gasteiger partial charge in [0.25, 0.3) is 0 Å². The molecular weight excluding hydrogens is 250 g/mol. The average molecular weight is 271 g/mol. The molecule has 2 rings (SSSR count). The van der Waals surface area contributed by atoms with E-state index in [4.69, 9.17) is 0 Å². The topological polar surface area (TPSA) is 64.0 Å². The number of nitrogens with one attached hydrogen (secondary N) is 1. The Kier molecular flexibility index (Phi) is 3.94. The molecule has 0 radical (unpaired) electrons. The number of imidazole rings is 1. The van der Waals surface area contributed by atoms with Gasteiger partial charge in [0.05, 0.1) is 11.5 Å². The summed E-state index contributed by atoms with van der Waals surface area (Å²) in [6, 6.07) is 0.224. The molecule has 0 aromatic carbocycles. The van der Waals surface area contributed by atoms with Crippen LogP contribution in [0.25, 0.3) is 0 Å². The standard InChI is InChI=1S/C12H21N3O2S/c1-10(2)9-15-6-5-13-12(15)14-11-3-7-18(16,17)8-4-11/h5-6,10-11H,3-4,7-9H2,1-2H3,(H,13,14). The van der Waals surface area contributed by atoms with Gasteiger partial charge in [-0.3, -0.25) is 0 Å². The van der Waals surface area contributed by atoms with Crippen LogP contribution in [0.5, 0.6) is 0 Å². The van der Waals surface area contributed by atoms with E-state index < -0.39 is 9.84 Å². The smallest absolute Gasteiger partial charge is 0.202 e. The monoisotopic (exact) mass is 271 g/mol. The van der Waals surface area contributed by atoms with Crippen LogP contribution in [0.2, 0.25) is 0 Å². The number of nitrogens with zero attached hydrogens (tertiary/aromatic N) is 2. The van der Waals surface area contributed by atoms with Gasteiger partial charge in [-0.05, 0) is 18.8 Å². The van der Waals surface area contributed by atoms with E-state index in [1.807, 2.05) is 6.20 Å². The van der Waals surface area contributed by atoms with Crippen molar-refractivity contribution in [2.45, 2.75) is 39.3 Å². The van der Waals surface area contributed by atoms with Gasteiger partial charge in [0, 0.05) is 25.0 Å². The zero-order chi connectivity index (χ0) is 13.2. The molecule has 2 heterocycles. The summed E-state index contributed by atoms with van der Waals surface area (Å²) in [5, 5.41) is 3.36. The van der Waals surface area contributed by atoms with Crippen LogP contribution < -0.4 is 5.32 Å². The van der Waals surface area contributed by atoms with E-state index in [1.165, 1.54) is 0 Å². The molecule has 1 aromatic rings. The Hall–Kier alpha value is -1.04. The van der Waals surface area contributed by atoms with E-state index in [1.54, 1.807) is 6.20 Å². The molecule has 102 valence electrons. The molecule has 1 aromatic heterocycles. The van der Waals surface area contributed by atoms with Gasteiger partial charge in [-0.2, -0.15) is 0 Å². The summed E-state index contributed by atoms with van der Waals surface area (Å²) in [7, 11) is -2.79. The van der Waals surface area contributed by atoms with E-state index in [9.17, 15) is 8.42 Å². The van der Waals surface area contributed by atoms with E-state index in [0.29, 0.717) is 18.8 Å². The van der Waals surface area contributed by atoms with Gasteiger partial charge in [-0.25, -0.2) is 13.4 Å². The third-order valence-electron chi connectivity index (χ3n) is 3.17. The Bertz CT molecular complexity index is 479. The van der Waals surface area contributed by atoms with Crippen molar-refractivity contribution in [1.82, 2.24) is 9.55 Å². The van der Waals surface area contributed by atoms with Crippen molar-refractivity contribution >= 4 is 15.8 Å². The highest BCUT2D eigenvalue weighted by atomic mass is 32.2. The molecule has 1 saturated heterocycles. The molecule has 0 aliphatic carbocycles. The lowest BCUT2D eigenvalue weighted by Crippen LogP contribution is -2.33.